The van der Waals surface area contributed by atoms with E-state index in [1.807, 2.05) is 13.0 Å². The van der Waals surface area contributed by atoms with E-state index in [1.165, 1.54) is 0 Å². The molecule has 1 aromatic carbocycles. The van der Waals surface area contributed by atoms with Crippen molar-refractivity contribution in [2.24, 2.45) is 0 Å². The minimum atomic E-state index is -0.387. The van der Waals surface area contributed by atoms with Gasteiger partial charge in [-0.25, -0.2) is 0 Å². The van der Waals surface area contributed by atoms with Crippen LogP contribution in [0.15, 0.2) is 18.2 Å². The third-order valence-electron chi connectivity index (χ3n) is 2.92. The first-order valence-electron chi connectivity index (χ1n) is 5.59. The first-order valence-corrected chi connectivity index (χ1v) is 5.59. The molecular weight excluding hydrogens is 220 g/mol. The molecule has 1 aliphatic heterocycles. The highest BCUT2D eigenvalue weighted by molar-refractivity contribution is 5.85. The van der Waals surface area contributed by atoms with Crippen molar-refractivity contribution in [3.05, 3.63) is 33.9 Å². The van der Waals surface area contributed by atoms with Gasteiger partial charge in [-0.1, -0.05) is 6.07 Å². The molecule has 1 aromatic rings. The highest BCUT2D eigenvalue weighted by atomic mass is 16.6. The van der Waals surface area contributed by atoms with Crippen LogP contribution in [-0.4, -0.2) is 23.8 Å². The monoisotopic (exact) mass is 234 g/mol. The normalized spacial score (nSPS) is 16.1. The summed E-state index contributed by atoms with van der Waals surface area (Å²) in [6.45, 7) is 2.80. The van der Waals surface area contributed by atoms with Gasteiger partial charge in [-0.2, -0.15) is 0 Å². The summed E-state index contributed by atoms with van der Waals surface area (Å²) in [5.74, 6) is 0.145. The number of Topliss-reactive ketones (excluding diaryl/α,β-unsaturated/α-hetero) is 1. The predicted molar refractivity (Wildman–Crippen MR) is 64.3 cm³/mol. The molecule has 1 aliphatic rings. The minimum Gasteiger partial charge on any atom is -0.359 e. The Balaban J connectivity index is 2.37. The van der Waals surface area contributed by atoms with Crippen LogP contribution in [0.2, 0.25) is 0 Å². The molecule has 0 atom stereocenters. The van der Waals surface area contributed by atoms with Crippen molar-refractivity contribution in [2.75, 3.05) is 18.0 Å². The standard InChI is InChI=1S/C12H14N2O3/c1-9-4-5-11(12(7-9)14(16)17)13-6-2-3-10(15)8-13/h4-5,7H,2-3,6,8H2,1H3. The molecule has 0 aromatic heterocycles. The van der Waals surface area contributed by atoms with Gasteiger partial charge in [-0.05, 0) is 25.0 Å². The topological polar surface area (TPSA) is 63.5 Å². The molecule has 5 heteroatoms. The molecule has 1 heterocycles. The maximum absolute atomic E-state index is 11.4. The fraction of sp³-hybridized carbons (Fsp3) is 0.417. The number of aryl methyl sites for hydroxylation is 1. The van der Waals surface area contributed by atoms with Gasteiger partial charge in [0, 0.05) is 19.0 Å². The Hall–Kier alpha value is -1.91. The second kappa shape index (κ2) is 4.53. The predicted octanol–water partition coefficient (Wildman–Crippen LogP) is 2.07. The highest BCUT2D eigenvalue weighted by Gasteiger charge is 2.23. The average Bonchev–Trinajstić information content (AvgIpc) is 2.28. The number of hydrogen-bond donors (Lipinski definition) is 0. The van der Waals surface area contributed by atoms with Crippen molar-refractivity contribution in [1.82, 2.24) is 0 Å². The maximum Gasteiger partial charge on any atom is 0.292 e. The second-order valence-electron chi connectivity index (χ2n) is 4.31. The van der Waals surface area contributed by atoms with Gasteiger partial charge in [0.1, 0.15) is 5.69 Å². The number of ketones is 1. The molecule has 17 heavy (non-hydrogen) atoms. The smallest absolute Gasteiger partial charge is 0.292 e. The van der Waals surface area contributed by atoms with Crippen LogP contribution < -0.4 is 4.90 Å². The summed E-state index contributed by atoms with van der Waals surface area (Å²) >= 11 is 0. The number of carbonyl (C=O) groups excluding carboxylic acids is 1. The first-order chi connectivity index (χ1) is 8.08. The Kier molecular flexibility index (Phi) is 3.08. The third-order valence-corrected chi connectivity index (χ3v) is 2.92. The molecule has 1 saturated heterocycles. The molecule has 1 fully saturated rings. The van der Waals surface area contributed by atoms with E-state index < -0.39 is 0 Å². The molecule has 90 valence electrons. The van der Waals surface area contributed by atoms with Crippen LogP contribution >= 0.6 is 0 Å². The molecule has 2 rings (SSSR count). The van der Waals surface area contributed by atoms with E-state index in [0.29, 0.717) is 18.7 Å². The molecular formula is C12H14N2O3. The van der Waals surface area contributed by atoms with E-state index in [-0.39, 0.29) is 22.9 Å². The Morgan fingerprint density at radius 2 is 2.18 bits per heavy atom. The van der Waals surface area contributed by atoms with Crippen LogP contribution in [0.5, 0.6) is 0 Å². The van der Waals surface area contributed by atoms with Gasteiger partial charge in [-0.15, -0.1) is 0 Å². The van der Waals surface area contributed by atoms with Crippen LogP contribution in [0.1, 0.15) is 18.4 Å². The lowest BCUT2D eigenvalue weighted by atomic mass is 10.1. The molecule has 0 amide bonds. The number of nitro benzene ring substituents is 1. The van der Waals surface area contributed by atoms with Gasteiger partial charge in [0.2, 0.25) is 0 Å². The quantitative estimate of drug-likeness (QED) is 0.580. The summed E-state index contributed by atoms with van der Waals surface area (Å²) in [6.07, 6.45) is 1.35. The van der Waals surface area contributed by atoms with Crippen molar-refractivity contribution in [3.63, 3.8) is 0 Å². The van der Waals surface area contributed by atoms with Crippen LogP contribution in [0.3, 0.4) is 0 Å². The lowest BCUT2D eigenvalue weighted by molar-refractivity contribution is -0.384. The van der Waals surface area contributed by atoms with Crippen molar-refractivity contribution in [1.29, 1.82) is 0 Å². The summed E-state index contributed by atoms with van der Waals surface area (Å²) < 4.78 is 0. The molecule has 0 bridgehead atoms. The number of piperidine rings is 1. The number of hydrogen-bond acceptors (Lipinski definition) is 4. The summed E-state index contributed by atoms with van der Waals surface area (Å²) in [6, 6.07) is 5.11. The molecule has 5 nitrogen and oxygen atoms in total. The Morgan fingerprint density at radius 3 is 2.82 bits per heavy atom. The van der Waals surface area contributed by atoms with Gasteiger partial charge in [0.05, 0.1) is 11.5 Å². The van der Waals surface area contributed by atoms with Gasteiger partial charge in [0.15, 0.2) is 5.78 Å². The largest absolute Gasteiger partial charge is 0.359 e. The van der Waals surface area contributed by atoms with Gasteiger partial charge in [-0.3, -0.25) is 14.9 Å². The Bertz CT molecular complexity index is 471. The fourth-order valence-corrected chi connectivity index (χ4v) is 2.09. The number of nitrogens with zero attached hydrogens (tertiary/aromatic N) is 2. The summed E-state index contributed by atoms with van der Waals surface area (Å²) in [5.41, 5.74) is 1.48. The van der Waals surface area contributed by atoms with Gasteiger partial charge < -0.3 is 4.90 Å². The number of rotatable bonds is 2. The first kappa shape index (κ1) is 11.6. The van der Waals surface area contributed by atoms with Gasteiger partial charge >= 0.3 is 0 Å². The summed E-state index contributed by atoms with van der Waals surface area (Å²) in [5, 5.41) is 11.0. The third kappa shape index (κ3) is 2.43. The second-order valence-corrected chi connectivity index (χ2v) is 4.31. The van der Waals surface area contributed by atoms with Crippen LogP contribution in [0.25, 0.3) is 0 Å². The number of anilines is 1. The molecule has 0 N–H and O–H groups in total. The van der Waals surface area contributed by atoms with Crippen molar-refractivity contribution in [2.45, 2.75) is 19.8 Å². The SMILES string of the molecule is Cc1ccc(N2CCCC(=O)C2)c([N+](=O)[O-])c1. The minimum absolute atomic E-state index is 0.0831. The van der Waals surface area contributed by atoms with E-state index in [4.69, 9.17) is 0 Å². The zero-order valence-corrected chi connectivity index (χ0v) is 9.68. The van der Waals surface area contributed by atoms with E-state index in [9.17, 15) is 14.9 Å². The zero-order valence-electron chi connectivity index (χ0n) is 9.68. The molecule has 0 radical (unpaired) electrons. The molecule has 0 unspecified atom stereocenters. The van der Waals surface area contributed by atoms with E-state index in [1.54, 1.807) is 17.0 Å². The number of carbonyl (C=O) groups is 1. The Morgan fingerprint density at radius 1 is 1.41 bits per heavy atom. The van der Waals surface area contributed by atoms with Crippen molar-refractivity contribution >= 4 is 17.2 Å². The average molecular weight is 234 g/mol. The number of nitro groups is 1. The van der Waals surface area contributed by atoms with E-state index >= 15 is 0 Å². The molecule has 0 spiro atoms. The number of benzene rings is 1. The van der Waals surface area contributed by atoms with Crippen LogP contribution in [0, 0.1) is 17.0 Å². The molecule has 0 aliphatic carbocycles. The summed E-state index contributed by atoms with van der Waals surface area (Å²) in [4.78, 5) is 23.8. The Labute approximate surface area is 99.2 Å². The van der Waals surface area contributed by atoms with Crippen LogP contribution in [-0.2, 0) is 4.79 Å². The summed E-state index contributed by atoms with van der Waals surface area (Å²) in [7, 11) is 0. The van der Waals surface area contributed by atoms with Crippen molar-refractivity contribution in [3.8, 4) is 0 Å². The molecule has 0 saturated carbocycles. The van der Waals surface area contributed by atoms with Crippen molar-refractivity contribution < 1.29 is 9.72 Å². The zero-order chi connectivity index (χ0) is 12.4. The van der Waals surface area contributed by atoms with Crippen LogP contribution in [0.4, 0.5) is 11.4 Å². The lowest BCUT2D eigenvalue weighted by Crippen LogP contribution is -2.35. The lowest BCUT2D eigenvalue weighted by Gasteiger charge is -2.27. The maximum atomic E-state index is 11.4. The van der Waals surface area contributed by atoms with E-state index in [0.717, 1.165) is 12.0 Å². The van der Waals surface area contributed by atoms with E-state index in [2.05, 4.69) is 0 Å². The van der Waals surface area contributed by atoms with Gasteiger partial charge in [0.25, 0.3) is 5.69 Å². The highest BCUT2D eigenvalue weighted by Crippen LogP contribution is 2.30. The fourth-order valence-electron chi connectivity index (χ4n) is 2.09.